The predicted octanol–water partition coefficient (Wildman–Crippen LogP) is 5.09. The average molecular weight is 361 g/mol. The van der Waals surface area contributed by atoms with Gasteiger partial charge in [-0.1, -0.05) is 78.1 Å². The molecule has 150 valence electrons. The molecule has 5 nitrogen and oxygen atoms in total. The van der Waals surface area contributed by atoms with Crippen LogP contribution in [0.3, 0.4) is 0 Å². The third-order valence-electron chi connectivity index (χ3n) is 3.83. The molecule has 0 bridgehead atoms. The zero-order chi connectivity index (χ0) is 19.2. The third kappa shape index (κ3) is 28.0. The number of aliphatic carboxylic acids is 1. The van der Waals surface area contributed by atoms with Crippen molar-refractivity contribution >= 4 is 11.9 Å². The molecule has 0 amide bonds. The van der Waals surface area contributed by atoms with E-state index < -0.39 is 5.97 Å². The number of ether oxygens (including phenoxy) is 1. The van der Waals surface area contributed by atoms with Gasteiger partial charge in [0.2, 0.25) is 0 Å². The predicted molar refractivity (Wildman–Crippen MR) is 102 cm³/mol. The molecular formula is C20H40O5. The van der Waals surface area contributed by atoms with Gasteiger partial charge in [-0.15, -0.1) is 0 Å². The number of rotatable bonds is 16. The van der Waals surface area contributed by atoms with Crippen molar-refractivity contribution in [3.8, 4) is 0 Å². The van der Waals surface area contributed by atoms with Gasteiger partial charge in [0, 0.05) is 12.8 Å². The molecule has 0 aliphatic rings. The smallest absolute Gasteiger partial charge is 0.305 e. The van der Waals surface area contributed by atoms with Crippen molar-refractivity contribution in [2.75, 3.05) is 13.2 Å². The first-order valence-corrected chi connectivity index (χ1v) is 10.1. The van der Waals surface area contributed by atoms with Crippen molar-refractivity contribution in [1.82, 2.24) is 0 Å². The number of carboxylic acid groups (broad SMARTS) is 1. The van der Waals surface area contributed by atoms with E-state index >= 15 is 0 Å². The van der Waals surface area contributed by atoms with E-state index in [1.165, 1.54) is 51.4 Å². The number of carbonyl (C=O) groups is 2. The minimum atomic E-state index is -0.663. The highest BCUT2D eigenvalue weighted by Gasteiger charge is 2.01. The Balaban J connectivity index is 0. The lowest BCUT2D eigenvalue weighted by Gasteiger charge is -2.02. The van der Waals surface area contributed by atoms with Gasteiger partial charge in [0.25, 0.3) is 0 Å². The van der Waals surface area contributed by atoms with Gasteiger partial charge in [-0.2, -0.15) is 0 Å². The van der Waals surface area contributed by atoms with Crippen LogP contribution in [-0.4, -0.2) is 35.4 Å². The van der Waals surface area contributed by atoms with Crippen LogP contribution >= 0.6 is 0 Å². The molecule has 0 radical (unpaired) electrons. The summed E-state index contributed by atoms with van der Waals surface area (Å²) in [6.07, 6.45) is 14.8. The lowest BCUT2D eigenvalue weighted by atomic mass is 10.1. The van der Waals surface area contributed by atoms with Crippen LogP contribution in [0.5, 0.6) is 0 Å². The van der Waals surface area contributed by atoms with Crippen molar-refractivity contribution in [2.45, 2.75) is 104 Å². The second-order valence-electron chi connectivity index (χ2n) is 6.37. The van der Waals surface area contributed by atoms with Crippen molar-refractivity contribution in [3.63, 3.8) is 0 Å². The molecule has 5 heteroatoms. The fraction of sp³-hybridized carbons (Fsp3) is 0.900. The van der Waals surface area contributed by atoms with Crippen LogP contribution < -0.4 is 0 Å². The normalized spacial score (nSPS) is 10.0. The maximum Gasteiger partial charge on any atom is 0.305 e. The first-order valence-electron chi connectivity index (χ1n) is 10.1. The molecule has 0 saturated carbocycles. The van der Waals surface area contributed by atoms with Crippen LogP contribution in [0.25, 0.3) is 0 Å². The van der Waals surface area contributed by atoms with E-state index in [1.54, 1.807) is 0 Å². The zero-order valence-corrected chi connectivity index (χ0v) is 16.4. The second kappa shape index (κ2) is 22.9. The number of aliphatic hydroxyl groups is 1. The summed E-state index contributed by atoms with van der Waals surface area (Å²) in [6.45, 7) is 4.41. The molecule has 0 heterocycles. The van der Waals surface area contributed by atoms with Gasteiger partial charge in [0.15, 0.2) is 0 Å². The van der Waals surface area contributed by atoms with Gasteiger partial charge >= 0.3 is 11.9 Å². The minimum Gasteiger partial charge on any atom is -0.481 e. The molecule has 0 spiro atoms. The van der Waals surface area contributed by atoms with Gasteiger partial charge in [0.1, 0.15) is 6.61 Å². The highest BCUT2D eigenvalue weighted by atomic mass is 16.5. The molecule has 0 aromatic carbocycles. The summed E-state index contributed by atoms with van der Waals surface area (Å²) in [7, 11) is 0. The molecule has 0 aliphatic carbocycles. The summed E-state index contributed by atoms with van der Waals surface area (Å²) < 4.78 is 4.71. The largest absolute Gasteiger partial charge is 0.481 e. The molecule has 0 atom stereocenters. The minimum absolute atomic E-state index is 0.0818. The van der Waals surface area contributed by atoms with Crippen LogP contribution in [0.1, 0.15) is 104 Å². The number of unbranched alkanes of at least 4 members (excludes halogenated alkanes) is 10. The first-order chi connectivity index (χ1) is 12.1. The van der Waals surface area contributed by atoms with Crippen LogP contribution in [0.4, 0.5) is 0 Å². The van der Waals surface area contributed by atoms with E-state index in [0.717, 1.165) is 25.7 Å². The molecule has 25 heavy (non-hydrogen) atoms. The molecule has 0 fully saturated rings. The number of carboxylic acids is 1. The second-order valence-corrected chi connectivity index (χ2v) is 6.37. The van der Waals surface area contributed by atoms with Crippen LogP contribution in [0.2, 0.25) is 0 Å². The van der Waals surface area contributed by atoms with E-state index in [9.17, 15) is 9.59 Å². The highest BCUT2D eigenvalue weighted by molar-refractivity contribution is 5.69. The van der Waals surface area contributed by atoms with Crippen LogP contribution in [0, 0.1) is 0 Å². The molecule has 0 rings (SSSR count). The summed E-state index contributed by atoms with van der Waals surface area (Å²) in [6, 6.07) is 0. The number of carbonyl (C=O) groups excluding carboxylic acids is 1. The Kier molecular flexibility index (Phi) is 23.9. The van der Waals surface area contributed by atoms with E-state index in [0.29, 0.717) is 12.8 Å². The lowest BCUT2D eigenvalue weighted by Crippen LogP contribution is -2.07. The Bertz CT molecular complexity index is 292. The number of aliphatic hydroxyl groups excluding tert-OH is 1. The lowest BCUT2D eigenvalue weighted by molar-refractivity contribution is -0.144. The summed E-state index contributed by atoms with van der Waals surface area (Å²) in [5.41, 5.74) is 0. The fourth-order valence-corrected chi connectivity index (χ4v) is 2.34. The van der Waals surface area contributed by atoms with E-state index in [-0.39, 0.29) is 19.2 Å². The van der Waals surface area contributed by atoms with Gasteiger partial charge in [-0.25, -0.2) is 0 Å². The molecular weight excluding hydrogens is 320 g/mol. The summed E-state index contributed by atoms with van der Waals surface area (Å²) in [5.74, 6) is -0.853. The fourth-order valence-electron chi connectivity index (χ4n) is 2.34. The number of hydrogen-bond acceptors (Lipinski definition) is 4. The Morgan fingerprint density at radius 3 is 1.60 bits per heavy atom. The monoisotopic (exact) mass is 360 g/mol. The van der Waals surface area contributed by atoms with E-state index in [1.807, 2.05) is 0 Å². The molecule has 0 aromatic rings. The third-order valence-corrected chi connectivity index (χ3v) is 3.83. The van der Waals surface area contributed by atoms with Crippen LogP contribution in [0.15, 0.2) is 0 Å². The summed E-state index contributed by atoms with van der Waals surface area (Å²) >= 11 is 0. The molecule has 0 saturated heterocycles. The molecule has 0 aliphatic heterocycles. The summed E-state index contributed by atoms with van der Waals surface area (Å²) in [5, 5.41) is 16.7. The van der Waals surface area contributed by atoms with Crippen LogP contribution in [-0.2, 0) is 14.3 Å². The average Bonchev–Trinajstić information content (AvgIpc) is 2.59. The maximum atomic E-state index is 10.9. The molecule has 2 N–H and O–H groups in total. The van der Waals surface area contributed by atoms with Gasteiger partial charge in [0.05, 0.1) is 6.61 Å². The summed E-state index contributed by atoms with van der Waals surface area (Å²) in [4.78, 5) is 21.0. The SMILES string of the molecule is CCCCCCCC(=O)OCCO.CCCCCCCCCC(=O)O. The van der Waals surface area contributed by atoms with E-state index in [4.69, 9.17) is 14.9 Å². The number of hydrogen-bond donors (Lipinski definition) is 2. The van der Waals surface area contributed by atoms with Crippen molar-refractivity contribution in [3.05, 3.63) is 0 Å². The Morgan fingerprint density at radius 2 is 1.16 bits per heavy atom. The highest BCUT2D eigenvalue weighted by Crippen LogP contribution is 2.08. The van der Waals surface area contributed by atoms with Crippen molar-refractivity contribution in [2.24, 2.45) is 0 Å². The van der Waals surface area contributed by atoms with E-state index in [2.05, 4.69) is 13.8 Å². The maximum absolute atomic E-state index is 10.9. The Labute approximate surface area is 154 Å². The van der Waals surface area contributed by atoms with Gasteiger partial charge < -0.3 is 14.9 Å². The Morgan fingerprint density at radius 1 is 0.720 bits per heavy atom. The quantitative estimate of drug-likeness (QED) is 0.296. The zero-order valence-electron chi connectivity index (χ0n) is 16.4. The van der Waals surface area contributed by atoms with Gasteiger partial charge in [-0.05, 0) is 12.8 Å². The number of esters is 1. The van der Waals surface area contributed by atoms with Crippen molar-refractivity contribution in [1.29, 1.82) is 0 Å². The molecule has 0 aromatic heterocycles. The topological polar surface area (TPSA) is 83.8 Å². The molecule has 0 unspecified atom stereocenters. The standard InChI is InChI=1S/C10H20O3.C10H20O2/c1-2-3-4-5-6-7-10(12)13-9-8-11;1-2-3-4-5-6-7-8-9-10(11)12/h11H,2-9H2,1H3;2-9H2,1H3,(H,11,12). The van der Waals surface area contributed by atoms with Gasteiger partial charge in [-0.3, -0.25) is 9.59 Å². The first kappa shape index (κ1) is 26.1. The Hall–Kier alpha value is -1.10. The van der Waals surface area contributed by atoms with Crippen molar-refractivity contribution < 1.29 is 24.5 Å².